The number of hydrogen-bond acceptors (Lipinski definition) is 3. The van der Waals surface area contributed by atoms with E-state index >= 15 is 0 Å². The van der Waals surface area contributed by atoms with Crippen molar-refractivity contribution in [1.29, 1.82) is 0 Å². The van der Waals surface area contributed by atoms with Gasteiger partial charge >= 0.3 is 0 Å². The van der Waals surface area contributed by atoms with Gasteiger partial charge in [-0.25, -0.2) is 6.07 Å². The Bertz CT molecular complexity index is 603. The average molecular weight is 322 g/mol. The van der Waals surface area contributed by atoms with Crippen molar-refractivity contribution in [1.82, 2.24) is 14.8 Å². The van der Waals surface area contributed by atoms with Gasteiger partial charge in [-0.15, -0.1) is 0 Å². The van der Waals surface area contributed by atoms with Gasteiger partial charge in [-0.2, -0.15) is 11.2 Å². The van der Waals surface area contributed by atoms with E-state index in [4.69, 9.17) is 12.2 Å². The van der Waals surface area contributed by atoms with E-state index in [1.807, 2.05) is 0 Å². The second-order valence-electron chi connectivity index (χ2n) is 3.55. The fraction of sp³-hybridized carbons (Fsp3) is 0.0909. The smallest absolute Gasteiger partial charge is 0.195 e. The minimum Gasteiger partial charge on any atom is -0.522 e. The summed E-state index contributed by atoms with van der Waals surface area (Å²) in [5.41, 5.74) is 2.03. The van der Waals surface area contributed by atoms with Crippen molar-refractivity contribution in [2.45, 2.75) is 0 Å². The van der Waals surface area contributed by atoms with Crippen LogP contribution in [0.25, 0.3) is 11.4 Å². The first-order valence-electron chi connectivity index (χ1n) is 4.63. The maximum absolute atomic E-state index is 9.83. The third kappa shape index (κ3) is 2.56. The summed E-state index contributed by atoms with van der Waals surface area (Å²) < 4.78 is 2.19. The molecule has 0 atom stereocenters. The van der Waals surface area contributed by atoms with Gasteiger partial charge in [-0.1, -0.05) is 0 Å². The van der Waals surface area contributed by atoms with Crippen LogP contribution < -0.4 is 0 Å². The van der Waals surface area contributed by atoms with Crippen LogP contribution in [-0.4, -0.2) is 19.9 Å². The summed E-state index contributed by atoms with van der Waals surface area (Å²) in [4.78, 5) is 0. The van der Waals surface area contributed by atoms with Crippen LogP contribution in [0.4, 0.5) is 0 Å². The molecule has 1 aromatic carbocycles. The van der Waals surface area contributed by atoms with E-state index in [1.165, 1.54) is 0 Å². The number of phenols is 1. The normalized spacial score (nSPS) is 9.94. The van der Waals surface area contributed by atoms with Gasteiger partial charge in [0.1, 0.15) is 0 Å². The summed E-state index contributed by atoms with van der Waals surface area (Å²) in [6, 6.07) is 3.30. The van der Waals surface area contributed by atoms with E-state index in [2.05, 4.69) is 24.0 Å². The molecule has 0 aliphatic carbocycles. The minimum atomic E-state index is 0. The van der Waals surface area contributed by atoms with E-state index in [0.717, 1.165) is 5.56 Å². The van der Waals surface area contributed by atoms with Crippen molar-refractivity contribution in [3.63, 3.8) is 0 Å². The zero-order valence-corrected chi connectivity index (χ0v) is 13.1. The zero-order valence-electron chi connectivity index (χ0n) is 9.40. The maximum atomic E-state index is 9.83. The number of phenolic OH excluding ortho intramolecular Hbond substituents is 1. The molecule has 0 unspecified atom stereocenters. The van der Waals surface area contributed by atoms with Crippen LogP contribution >= 0.6 is 12.2 Å². The molecule has 17 heavy (non-hydrogen) atoms. The Balaban J connectivity index is 0.00000144. The molecular formula is C11H11N3OSY-2. The van der Waals surface area contributed by atoms with E-state index in [0.29, 0.717) is 21.7 Å². The fourth-order valence-corrected chi connectivity index (χ4v) is 1.58. The first-order valence-corrected chi connectivity index (χ1v) is 5.04. The second-order valence-corrected chi connectivity index (χ2v) is 3.94. The van der Waals surface area contributed by atoms with Crippen LogP contribution in [0.1, 0.15) is 11.1 Å². The molecule has 2 rings (SSSR count). The number of benzene rings is 1. The quantitative estimate of drug-likeness (QED) is 0.625. The Kier molecular flexibility index (Phi) is 4.41. The largest absolute Gasteiger partial charge is 0.522 e. The average Bonchev–Trinajstić information content (AvgIpc) is 2.54. The molecule has 1 radical (unpaired) electrons. The summed E-state index contributed by atoms with van der Waals surface area (Å²) in [7, 11) is 1.78. The van der Waals surface area contributed by atoms with Gasteiger partial charge in [0.25, 0.3) is 0 Å². The first kappa shape index (κ1) is 14.3. The van der Waals surface area contributed by atoms with Gasteiger partial charge in [0.15, 0.2) is 10.6 Å². The molecule has 0 fully saturated rings. The number of nitrogens with one attached hydrogen (secondary N) is 1. The molecule has 2 aromatic rings. The monoisotopic (exact) mass is 322 g/mol. The molecule has 0 bridgehead atoms. The van der Waals surface area contributed by atoms with Crippen LogP contribution in [0.5, 0.6) is 5.75 Å². The molecule has 1 aromatic heterocycles. The van der Waals surface area contributed by atoms with Crippen molar-refractivity contribution in [2.24, 2.45) is 7.05 Å². The van der Waals surface area contributed by atoms with Crippen LogP contribution in [-0.2, 0) is 39.8 Å². The molecule has 0 amide bonds. The number of aromatic hydroxyl groups is 1. The van der Waals surface area contributed by atoms with Crippen molar-refractivity contribution >= 4 is 12.2 Å². The zero-order chi connectivity index (χ0) is 11.9. The van der Waals surface area contributed by atoms with E-state index in [9.17, 15) is 5.11 Å². The van der Waals surface area contributed by atoms with Crippen LogP contribution in [0.2, 0.25) is 0 Å². The molecule has 0 spiro atoms. The predicted octanol–water partition coefficient (Wildman–Crippen LogP) is 2.21. The van der Waals surface area contributed by atoms with Gasteiger partial charge in [0.2, 0.25) is 0 Å². The molecule has 1 heterocycles. The van der Waals surface area contributed by atoms with Gasteiger partial charge in [-0.3, -0.25) is 30.1 Å². The van der Waals surface area contributed by atoms with Gasteiger partial charge in [-0.05, 0) is 17.8 Å². The van der Waals surface area contributed by atoms with E-state index in [1.54, 1.807) is 23.7 Å². The Morgan fingerprint density at radius 1 is 1.35 bits per heavy atom. The number of aromatic amines is 1. The number of rotatable bonds is 1. The molecule has 4 nitrogen and oxygen atoms in total. The summed E-state index contributed by atoms with van der Waals surface area (Å²) in [6.45, 7) is 7.60. The van der Waals surface area contributed by atoms with Crippen LogP contribution in [0, 0.1) is 18.6 Å². The SMILES string of the molecule is [CH2-]c1cc(O)c(-c2n[nH]c(=S)n2C)cc1[CH2-].[Y]. The number of aromatic nitrogens is 3. The van der Waals surface area contributed by atoms with Crippen LogP contribution in [0.3, 0.4) is 0 Å². The van der Waals surface area contributed by atoms with Crippen molar-refractivity contribution in [3.05, 3.63) is 41.9 Å². The Morgan fingerprint density at radius 3 is 2.47 bits per heavy atom. The molecule has 2 N–H and O–H groups in total. The fourth-order valence-electron chi connectivity index (χ4n) is 1.44. The van der Waals surface area contributed by atoms with Crippen molar-refractivity contribution in [3.8, 4) is 17.1 Å². The van der Waals surface area contributed by atoms with Crippen LogP contribution in [0.15, 0.2) is 12.1 Å². The Hall–Kier alpha value is -0.776. The predicted molar refractivity (Wildman–Crippen MR) is 64.4 cm³/mol. The topological polar surface area (TPSA) is 53.8 Å². The third-order valence-electron chi connectivity index (χ3n) is 2.44. The maximum Gasteiger partial charge on any atom is 0.195 e. The van der Waals surface area contributed by atoms with Crippen molar-refractivity contribution in [2.75, 3.05) is 0 Å². The first-order chi connectivity index (χ1) is 7.50. The molecule has 0 saturated carbocycles. The van der Waals surface area contributed by atoms with E-state index < -0.39 is 0 Å². The Morgan fingerprint density at radius 2 is 1.94 bits per heavy atom. The molecular weight excluding hydrogens is 311 g/mol. The summed E-state index contributed by atoms with van der Waals surface area (Å²) >= 11 is 5.01. The Labute approximate surface area is 130 Å². The molecule has 87 valence electrons. The van der Waals surface area contributed by atoms with E-state index in [-0.39, 0.29) is 38.5 Å². The standard InChI is InChI=1S/C11H11N3OS.Y/c1-6-4-8(9(15)5-7(6)2)10-12-13-11(16)14(10)3;/h4-5,15H,1-2H2,3H3,(H,13,16);/q-2;. The number of nitrogens with zero attached hydrogens (tertiary/aromatic N) is 2. The second kappa shape index (κ2) is 5.25. The molecule has 6 heteroatoms. The molecule has 0 saturated heterocycles. The summed E-state index contributed by atoms with van der Waals surface area (Å²) in [6.07, 6.45) is 0. The third-order valence-corrected chi connectivity index (χ3v) is 2.80. The van der Waals surface area contributed by atoms with Gasteiger partial charge in [0, 0.05) is 45.5 Å². The number of hydrogen-bond donors (Lipinski definition) is 2. The summed E-state index contributed by atoms with van der Waals surface area (Å²) in [5.74, 6) is 0.696. The molecule has 0 aliphatic rings. The van der Waals surface area contributed by atoms with Gasteiger partial charge < -0.3 is 9.67 Å². The molecule has 0 aliphatic heterocycles. The number of H-pyrrole nitrogens is 1. The van der Waals surface area contributed by atoms with Gasteiger partial charge in [0.05, 0.1) is 0 Å². The van der Waals surface area contributed by atoms with Crippen molar-refractivity contribution < 1.29 is 37.8 Å². The summed E-state index contributed by atoms with van der Waals surface area (Å²) in [5, 5.41) is 16.6. The minimum absolute atomic E-state index is 0.